The molecule has 2 rings (SSSR count). The molecule has 5 heteroatoms. The number of nitrogens with one attached hydrogen (secondary N) is 1. The van der Waals surface area contributed by atoms with Crippen molar-refractivity contribution in [3.63, 3.8) is 0 Å². The third-order valence-corrected chi connectivity index (χ3v) is 4.29. The molecule has 1 aliphatic rings. The fourth-order valence-corrected chi connectivity index (χ4v) is 2.85. The Morgan fingerprint density at radius 2 is 2.04 bits per heavy atom. The first-order chi connectivity index (χ1) is 10.7. The van der Waals surface area contributed by atoms with Gasteiger partial charge in [0, 0.05) is 19.5 Å². The molecule has 0 bridgehead atoms. The highest BCUT2D eigenvalue weighted by molar-refractivity contribution is 5.85. The van der Waals surface area contributed by atoms with Crippen LogP contribution in [0.25, 0.3) is 0 Å². The molecule has 1 heterocycles. The van der Waals surface area contributed by atoms with E-state index in [4.69, 9.17) is 4.74 Å². The van der Waals surface area contributed by atoms with Crippen LogP contribution in [0.4, 0.5) is 0 Å². The second-order valence-electron chi connectivity index (χ2n) is 6.11. The van der Waals surface area contributed by atoms with E-state index in [1.807, 2.05) is 30.1 Å². The van der Waals surface area contributed by atoms with Crippen LogP contribution in [-0.4, -0.2) is 43.6 Å². The Labute approximate surface area is 146 Å². The molecule has 0 spiro atoms. The lowest BCUT2D eigenvalue weighted by Crippen LogP contribution is -2.43. The van der Waals surface area contributed by atoms with Crippen molar-refractivity contribution in [3.05, 3.63) is 29.8 Å². The smallest absolute Gasteiger partial charge is 0.222 e. The molecule has 23 heavy (non-hydrogen) atoms. The lowest BCUT2D eigenvalue weighted by molar-refractivity contribution is -0.132. The Kier molecular flexibility index (Phi) is 9.03. The highest BCUT2D eigenvalue weighted by Crippen LogP contribution is 2.14. The molecule has 0 aromatic heterocycles. The van der Waals surface area contributed by atoms with Crippen LogP contribution in [0.5, 0.6) is 5.75 Å². The summed E-state index contributed by atoms with van der Waals surface area (Å²) in [6, 6.07) is 8.49. The minimum absolute atomic E-state index is 0. The number of nitrogens with zero attached hydrogens (tertiary/aromatic N) is 1. The Balaban J connectivity index is 0.00000264. The maximum atomic E-state index is 12.2. The van der Waals surface area contributed by atoms with Gasteiger partial charge in [0.15, 0.2) is 0 Å². The maximum absolute atomic E-state index is 12.2. The molecule has 1 fully saturated rings. The predicted molar refractivity (Wildman–Crippen MR) is 96.4 cm³/mol. The van der Waals surface area contributed by atoms with Gasteiger partial charge in [0.2, 0.25) is 5.91 Å². The average Bonchev–Trinajstić information content (AvgIpc) is 2.54. The van der Waals surface area contributed by atoms with Crippen molar-refractivity contribution < 1.29 is 9.53 Å². The molecule has 130 valence electrons. The lowest BCUT2D eigenvalue weighted by atomic mass is 10.0. The molecule has 1 N–H and O–H groups in total. The number of benzene rings is 1. The molecule has 1 aromatic carbocycles. The van der Waals surface area contributed by atoms with Crippen LogP contribution < -0.4 is 10.1 Å². The summed E-state index contributed by atoms with van der Waals surface area (Å²) in [6.07, 6.45) is 4.56. The molecule has 0 atom stereocenters. The van der Waals surface area contributed by atoms with E-state index in [0.29, 0.717) is 19.1 Å². The Morgan fingerprint density at radius 1 is 1.30 bits per heavy atom. The number of hydrogen-bond acceptors (Lipinski definition) is 3. The van der Waals surface area contributed by atoms with Crippen LogP contribution in [0.2, 0.25) is 0 Å². The largest absolute Gasteiger partial charge is 0.494 e. The van der Waals surface area contributed by atoms with Gasteiger partial charge < -0.3 is 15.0 Å². The van der Waals surface area contributed by atoms with Crippen molar-refractivity contribution in [1.29, 1.82) is 0 Å². The standard InChI is InChI=1S/C18H28N2O2.ClH/c1-15-6-5-7-17(14-15)22-13-4-3-8-18(21)20(2)16-9-11-19-12-10-16;/h5-7,14,16,19H,3-4,8-13H2,1-2H3;1H. The summed E-state index contributed by atoms with van der Waals surface area (Å²) in [5.74, 6) is 1.18. The second kappa shape index (κ2) is 10.5. The topological polar surface area (TPSA) is 41.6 Å². The average molecular weight is 341 g/mol. The zero-order valence-corrected chi connectivity index (χ0v) is 15.0. The van der Waals surface area contributed by atoms with Crippen molar-refractivity contribution in [3.8, 4) is 5.75 Å². The third kappa shape index (κ3) is 6.80. The summed E-state index contributed by atoms with van der Waals surface area (Å²) in [4.78, 5) is 14.1. The van der Waals surface area contributed by atoms with Crippen molar-refractivity contribution >= 4 is 18.3 Å². The van der Waals surface area contributed by atoms with E-state index in [-0.39, 0.29) is 18.3 Å². The van der Waals surface area contributed by atoms with Crippen LogP contribution in [-0.2, 0) is 4.79 Å². The molecule has 1 aliphatic heterocycles. The summed E-state index contributed by atoms with van der Waals surface area (Å²) in [5.41, 5.74) is 1.20. The molecular weight excluding hydrogens is 312 g/mol. The number of ether oxygens (including phenoxy) is 1. The van der Waals surface area contributed by atoms with Gasteiger partial charge in [-0.25, -0.2) is 0 Å². The highest BCUT2D eigenvalue weighted by atomic mass is 35.5. The van der Waals surface area contributed by atoms with Crippen LogP contribution in [0, 0.1) is 6.92 Å². The Bertz CT molecular complexity index is 476. The number of hydrogen-bond donors (Lipinski definition) is 1. The minimum Gasteiger partial charge on any atom is -0.494 e. The van der Waals surface area contributed by atoms with Gasteiger partial charge in [0.1, 0.15) is 5.75 Å². The summed E-state index contributed by atoms with van der Waals surface area (Å²) < 4.78 is 5.71. The quantitative estimate of drug-likeness (QED) is 0.775. The van der Waals surface area contributed by atoms with E-state index in [2.05, 4.69) is 18.3 Å². The van der Waals surface area contributed by atoms with Crippen LogP contribution in [0.15, 0.2) is 24.3 Å². The molecule has 1 saturated heterocycles. The monoisotopic (exact) mass is 340 g/mol. The lowest BCUT2D eigenvalue weighted by Gasteiger charge is -2.31. The van der Waals surface area contributed by atoms with Gasteiger partial charge in [-0.05, 0) is 63.4 Å². The first-order valence-corrected chi connectivity index (χ1v) is 8.32. The molecule has 1 amide bonds. The zero-order chi connectivity index (χ0) is 15.8. The molecule has 0 aliphatic carbocycles. The molecular formula is C18H29ClN2O2. The van der Waals surface area contributed by atoms with Gasteiger partial charge >= 0.3 is 0 Å². The van der Waals surface area contributed by atoms with Crippen molar-refractivity contribution in [2.45, 2.75) is 45.1 Å². The minimum atomic E-state index is 0. The fraction of sp³-hybridized carbons (Fsp3) is 0.611. The van der Waals surface area contributed by atoms with Gasteiger partial charge in [-0.15, -0.1) is 12.4 Å². The SMILES string of the molecule is Cc1cccc(OCCCCC(=O)N(C)C2CCNCC2)c1.Cl. The van der Waals surface area contributed by atoms with Crippen LogP contribution >= 0.6 is 12.4 Å². The number of rotatable bonds is 7. The van der Waals surface area contributed by atoms with E-state index < -0.39 is 0 Å². The number of aryl methyl sites for hydroxylation is 1. The molecule has 0 radical (unpaired) electrons. The second-order valence-corrected chi connectivity index (χ2v) is 6.11. The summed E-state index contributed by atoms with van der Waals surface area (Å²) in [6.45, 7) is 4.77. The van der Waals surface area contributed by atoms with Gasteiger partial charge in [-0.1, -0.05) is 12.1 Å². The fourth-order valence-electron chi connectivity index (χ4n) is 2.85. The number of halogens is 1. The Morgan fingerprint density at radius 3 is 2.74 bits per heavy atom. The molecule has 0 saturated carbocycles. The normalized spacial score (nSPS) is 14.9. The summed E-state index contributed by atoms with van der Waals surface area (Å²) >= 11 is 0. The number of carbonyl (C=O) groups is 1. The Hall–Kier alpha value is -1.26. The number of carbonyl (C=O) groups excluding carboxylic acids is 1. The molecule has 0 unspecified atom stereocenters. The van der Waals surface area contributed by atoms with Crippen LogP contribution in [0.3, 0.4) is 0 Å². The number of piperidine rings is 1. The van der Waals surface area contributed by atoms with E-state index in [1.165, 1.54) is 5.56 Å². The maximum Gasteiger partial charge on any atom is 0.222 e. The molecule has 1 aromatic rings. The third-order valence-electron chi connectivity index (χ3n) is 4.29. The van der Waals surface area contributed by atoms with Gasteiger partial charge in [-0.2, -0.15) is 0 Å². The van der Waals surface area contributed by atoms with E-state index in [9.17, 15) is 4.79 Å². The van der Waals surface area contributed by atoms with E-state index >= 15 is 0 Å². The van der Waals surface area contributed by atoms with E-state index in [1.54, 1.807) is 0 Å². The summed E-state index contributed by atoms with van der Waals surface area (Å²) in [7, 11) is 1.95. The van der Waals surface area contributed by atoms with Crippen molar-refractivity contribution in [2.24, 2.45) is 0 Å². The van der Waals surface area contributed by atoms with Gasteiger partial charge in [-0.3, -0.25) is 4.79 Å². The first kappa shape index (κ1) is 19.8. The van der Waals surface area contributed by atoms with Crippen molar-refractivity contribution in [1.82, 2.24) is 10.2 Å². The first-order valence-electron chi connectivity index (χ1n) is 8.32. The van der Waals surface area contributed by atoms with Gasteiger partial charge in [0.25, 0.3) is 0 Å². The number of unbranched alkanes of at least 4 members (excludes halogenated alkanes) is 1. The highest BCUT2D eigenvalue weighted by Gasteiger charge is 2.21. The summed E-state index contributed by atoms with van der Waals surface area (Å²) in [5, 5.41) is 3.33. The predicted octanol–water partition coefficient (Wildman–Crippen LogP) is 3.18. The number of amides is 1. The van der Waals surface area contributed by atoms with E-state index in [0.717, 1.165) is 44.5 Å². The molecule has 4 nitrogen and oxygen atoms in total. The van der Waals surface area contributed by atoms with Crippen molar-refractivity contribution in [2.75, 3.05) is 26.7 Å². The van der Waals surface area contributed by atoms with Gasteiger partial charge in [0.05, 0.1) is 6.61 Å². The zero-order valence-electron chi connectivity index (χ0n) is 14.2. The van der Waals surface area contributed by atoms with Crippen LogP contribution in [0.1, 0.15) is 37.7 Å².